The monoisotopic (exact) mass is 331 g/mol. The summed E-state index contributed by atoms with van der Waals surface area (Å²) in [7, 11) is -1.49. The molecule has 2 fully saturated rings. The van der Waals surface area contributed by atoms with Crippen molar-refractivity contribution in [2.24, 2.45) is 0 Å². The molecule has 1 heterocycles. The molecule has 2 rings (SSSR count). The summed E-state index contributed by atoms with van der Waals surface area (Å²) in [5.74, 6) is 0.113. The van der Waals surface area contributed by atoms with Crippen LogP contribution >= 0.6 is 0 Å². The van der Waals surface area contributed by atoms with E-state index < -0.39 is 10.0 Å². The maximum absolute atomic E-state index is 12.3. The fraction of sp³-hybridized carbons (Fsp3) is 0.933. The number of carbonyl (C=O) groups excluding carboxylic acids is 1. The standard InChI is InChI=1S/C15H29N3O3S/c1-12(15(19)16-13-6-4-5-7-13)18-10-8-14(9-11-18)17(2)22(3,20)21/h12-14H,4-11H2,1-3H3,(H,16,19). The van der Waals surface area contributed by atoms with Crippen LogP contribution in [0.25, 0.3) is 0 Å². The molecule has 0 spiro atoms. The number of sulfonamides is 1. The number of carbonyl (C=O) groups is 1. The zero-order valence-corrected chi connectivity index (χ0v) is 14.7. The second-order valence-electron chi connectivity index (χ2n) is 6.71. The van der Waals surface area contributed by atoms with E-state index in [4.69, 9.17) is 0 Å². The summed E-state index contributed by atoms with van der Waals surface area (Å²) in [6, 6.07) is 0.269. The molecule has 1 atom stereocenters. The molecule has 1 saturated heterocycles. The number of nitrogens with one attached hydrogen (secondary N) is 1. The molecule has 1 aliphatic carbocycles. The van der Waals surface area contributed by atoms with Gasteiger partial charge in [-0.05, 0) is 32.6 Å². The van der Waals surface area contributed by atoms with Gasteiger partial charge in [0.1, 0.15) is 0 Å². The fourth-order valence-corrected chi connectivity index (χ4v) is 4.22. The fourth-order valence-electron chi connectivity index (χ4n) is 3.47. The minimum absolute atomic E-state index is 0.0522. The molecule has 0 aromatic heterocycles. The van der Waals surface area contributed by atoms with E-state index in [0.717, 1.165) is 38.8 Å². The average Bonchev–Trinajstić information content (AvgIpc) is 2.97. The molecule has 1 N–H and O–H groups in total. The molecule has 22 heavy (non-hydrogen) atoms. The van der Waals surface area contributed by atoms with Crippen molar-refractivity contribution in [1.82, 2.24) is 14.5 Å². The molecule has 0 aromatic carbocycles. The summed E-state index contributed by atoms with van der Waals surface area (Å²) in [5, 5.41) is 3.15. The molecular weight excluding hydrogens is 302 g/mol. The Labute approximate surface area is 134 Å². The van der Waals surface area contributed by atoms with E-state index in [2.05, 4.69) is 10.2 Å². The van der Waals surface area contributed by atoms with Gasteiger partial charge < -0.3 is 5.32 Å². The molecule has 6 nitrogen and oxygen atoms in total. The van der Waals surface area contributed by atoms with Crippen molar-refractivity contribution in [2.75, 3.05) is 26.4 Å². The number of nitrogens with zero attached hydrogens (tertiary/aromatic N) is 2. The summed E-state index contributed by atoms with van der Waals surface area (Å²) in [5.41, 5.74) is 0. The lowest BCUT2D eigenvalue weighted by Gasteiger charge is -2.38. The Morgan fingerprint density at radius 2 is 1.73 bits per heavy atom. The van der Waals surface area contributed by atoms with Crippen LogP contribution in [0.2, 0.25) is 0 Å². The van der Waals surface area contributed by atoms with Crippen molar-refractivity contribution in [1.29, 1.82) is 0 Å². The molecular formula is C15H29N3O3S. The Morgan fingerprint density at radius 1 is 1.18 bits per heavy atom. The van der Waals surface area contributed by atoms with Crippen molar-refractivity contribution >= 4 is 15.9 Å². The molecule has 1 unspecified atom stereocenters. The highest BCUT2D eigenvalue weighted by Gasteiger charge is 2.31. The topological polar surface area (TPSA) is 69.7 Å². The number of hydrogen-bond acceptors (Lipinski definition) is 4. The first-order valence-electron chi connectivity index (χ1n) is 8.26. The van der Waals surface area contributed by atoms with Crippen LogP contribution < -0.4 is 5.32 Å². The molecule has 1 aliphatic heterocycles. The van der Waals surface area contributed by atoms with Crippen LogP contribution in [0.4, 0.5) is 0 Å². The maximum atomic E-state index is 12.3. The molecule has 128 valence electrons. The third-order valence-corrected chi connectivity index (χ3v) is 6.51. The molecule has 1 amide bonds. The minimum atomic E-state index is -3.14. The summed E-state index contributed by atoms with van der Waals surface area (Å²) in [6.45, 7) is 3.48. The van der Waals surface area contributed by atoms with E-state index in [0.29, 0.717) is 6.04 Å². The number of rotatable bonds is 5. The van der Waals surface area contributed by atoms with Crippen LogP contribution in [-0.4, -0.2) is 68.0 Å². The quantitative estimate of drug-likeness (QED) is 0.809. The average molecular weight is 331 g/mol. The van der Waals surface area contributed by atoms with Gasteiger partial charge in [-0.2, -0.15) is 0 Å². The Kier molecular flexibility index (Phi) is 5.85. The van der Waals surface area contributed by atoms with Gasteiger partial charge in [-0.1, -0.05) is 12.8 Å². The van der Waals surface area contributed by atoms with Crippen LogP contribution in [0, 0.1) is 0 Å². The summed E-state index contributed by atoms with van der Waals surface area (Å²) in [6.07, 6.45) is 7.43. The van der Waals surface area contributed by atoms with Crippen molar-refractivity contribution in [2.45, 2.75) is 63.6 Å². The zero-order valence-electron chi connectivity index (χ0n) is 13.9. The zero-order chi connectivity index (χ0) is 16.3. The lowest BCUT2D eigenvalue weighted by Crippen LogP contribution is -2.52. The molecule has 0 aromatic rings. The first kappa shape index (κ1) is 17.7. The van der Waals surface area contributed by atoms with E-state index >= 15 is 0 Å². The van der Waals surface area contributed by atoms with Crippen molar-refractivity contribution in [3.8, 4) is 0 Å². The molecule has 0 bridgehead atoms. The highest BCUT2D eigenvalue weighted by Crippen LogP contribution is 2.21. The van der Waals surface area contributed by atoms with Gasteiger partial charge in [0.05, 0.1) is 12.3 Å². The van der Waals surface area contributed by atoms with Crippen molar-refractivity contribution in [3.63, 3.8) is 0 Å². The number of amides is 1. The van der Waals surface area contributed by atoms with E-state index in [1.807, 2.05) is 6.92 Å². The predicted octanol–water partition coefficient (Wildman–Crippen LogP) is 0.790. The Bertz CT molecular complexity index is 480. The lowest BCUT2D eigenvalue weighted by molar-refractivity contribution is -0.127. The summed E-state index contributed by atoms with van der Waals surface area (Å²) in [4.78, 5) is 14.5. The molecule has 7 heteroatoms. The van der Waals surface area contributed by atoms with E-state index in [1.165, 1.54) is 23.4 Å². The highest BCUT2D eigenvalue weighted by atomic mass is 32.2. The smallest absolute Gasteiger partial charge is 0.237 e. The van der Waals surface area contributed by atoms with E-state index in [9.17, 15) is 13.2 Å². The van der Waals surface area contributed by atoms with Crippen LogP contribution in [-0.2, 0) is 14.8 Å². The van der Waals surface area contributed by atoms with Gasteiger partial charge >= 0.3 is 0 Å². The first-order valence-corrected chi connectivity index (χ1v) is 10.1. The Hall–Kier alpha value is -0.660. The third-order valence-electron chi connectivity index (χ3n) is 5.17. The first-order chi connectivity index (χ1) is 10.3. The van der Waals surface area contributed by atoms with Crippen molar-refractivity contribution in [3.05, 3.63) is 0 Å². The largest absolute Gasteiger partial charge is 0.352 e. The van der Waals surface area contributed by atoms with Crippen LogP contribution in [0.1, 0.15) is 45.4 Å². The SMILES string of the molecule is CC(C(=O)NC1CCCC1)N1CCC(N(C)S(C)(=O)=O)CC1. The van der Waals surface area contributed by atoms with Gasteiger partial charge in [-0.15, -0.1) is 0 Å². The second-order valence-corrected chi connectivity index (χ2v) is 8.75. The lowest BCUT2D eigenvalue weighted by atomic mass is 10.0. The van der Waals surface area contributed by atoms with Gasteiger partial charge in [0.15, 0.2) is 0 Å². The van der Waals surface area contributed by atoms with E-state index in [-0.39, 0.29) is 18.0 Å². The van der Waals surface area contributed by atoms with Gasteiger partial charge in [0.2, 0.25) is 15.9 Å². The third kappa shape index (κ3) is 4.43. The molecule has 1 saturated carbocycles. The van der Waals surface area contributed by atoms with Gasteiger partial charge in [-0.3, -0.25) is 9.69 Å². The molecule has 0 radical (unpaired) electrons. The second kappa shape index (κ2) is 7.27. The van der Waals surface area contributed by atoms with Crippen molar-refractivity contribution < 1.29 is 13.2 Å². The summed E-state index contributed by atoms with van der Waals surface area (Å²) < 4.78 is 24.7. The van der Waals surface area contributed by atoms with E-state index in [1.54, 1.807) is 7.05 Å². The van der Waals surface area contributed by atoms with Crippen LogP contribution in [0.5, 0.6) is 0 Å². The van der Waals surface area contributed by atoms with Crippen LogP contribution in [0.15, 0.2) is 0 Å². The Balaban J connectivity index is 1.81. The van der Waals surface area contributed by atoms with Crippen LogP contribution in [0.3, 0.4) is 0 Å². The number of piperidine rings is 1. The van der Waals surface area contributed by atoms with Gasteiger partial charge in [0, 0.05) is 32.2 Å². The maximum Gasteiger partial charge on any atom is 0.237 e. The number of likely N-dealkylation sites (tertiary alicyclic amines) is 1. The predicted molar refractivity (Wildman–Crippen MR) is 87.1 cm³/mol. The van der Waals surface area contributed by atoms with Gasteiger partial charge in [-0.25, -0.2) is 12.7 Å². The van der Waals surface area contributed by atoms with Gasteiger partial charge in [0.25, 0.3) is 0 Å². The number of hydrogen-bond donors (Lipinski definition) is 1. The minimum Gasteiger partial charge on any atom is -0.352 e. The highest BCUT2D eigenvalue weighted by molar-refractivity contribution is 7.88. The molecule has 2 aliphatic rings. The Morgan fingerprint density at radius 3 is 2.23 bits per heavy atom. The summed E-state index contributed by atoms with van der Waals surface area (Å²) >= 11 is 0. The normalized spacial score (nSPS) is 23.8.